The first-order valence-electron chi connectivity index (χ1n) is 13.7. The Balaban J connectivity index is 1.56. The highest BCUT2D eigenvalue weighted by Gasteiger charge is 2.43. The van der Waals surface area contributed by atoms with Crippen LogP contribution >= 0.6 is 0 Å². The third-order valence-corrected chi connectivity index (χ3v) is 8.54. The molecule has 6 aromatic rings. The van der Waals surface area contributed by atoms with Crippen LogP contribution in [0.5, 0.6) is 0 Å². The molecule has 0 unspecified atom stereocenters. The van der Waals surface area contributed by atoms with Crippen molar-refractivity contribution in [3.63, 3.8) is 0 Å². The maximum Gasteiger partial charge on any atom is 0.252 e. The largest absolute Gasteiger partial charge is 0.316 e. The van der Waals surface area contributed by atoms with Crippen LogP contribution in [0.15, 0.2) is 133 Å². The van der Waals surface area contributed by atoms with Crippen LogP contribution in [0.1, 0.15) is 13.8 Å². The minimum Gasteiger partial charge on any atom is -0.316 e. The summed E-state index contributed by atoms with van der Waals surface area (Å²) in [6.45, 7) is 4.48. The highest BCUT2D eigenvalue weighted by Crippen LogP contribution is 2.43. The van der Waals surface area contributed by atoms with Gasteiger partial charge >= 0.3 is 0 Å². The Morgan fingerprint density at radius 3 is 2.05 bits per heavy atom. The average Bonchev–Trinajstić information content (AvgIpc) is 3.00. The first kappa shape index (κ1) is 22.2. The zero-order chi connectivity index (χ0) is 26.1. The van der Waals surface area contributed by atoms with E-state index in [2.05, 4.69) is 151 Å². The van der Waals surface area contributed by atoms with Crippen molar-refractivity contribution in [2.24, 2.45) is 0 Å². The lowest BCUT2D eigenvalue weighted by Gasteiger charge is -2.44. The van der Waals surface area contributed by atoms with Gasteiger partial charge in [-0.2, -0.15) is 0 Å². The molecule has 8 rings (SSSR count). The van der Waals surface area contributed by atoms with Gasteiger partial charge in [0.1, 0.15) is 0 Å². The molecule has 2 aliphatic heterocycles. The molecule has 39 heavy (non-hydrogen) atoms. The number of hydrogen-bond donors (Lipinski definition) is 0. The van der Waals surface area contributed by atoms with Crippen LogP contribution in [0, 0.1) is 0 Å². The molecule has 0 saturated heterocycles. The summed E-state index contributed by atoms with van der Waals surface area (Å²) in [6.07, 6.45) is 2.22. The number of anilines is 5. The summed E-state index contributed by atoms with van der Waals surface area (Å²) in [4.78, 5) is 4.93. The van der Waals surface area contributed by atoms with Crippen molar-refractivity contribution in [1.82, 2.24) is 0 Å². The van der Waals surface area contributed by atoms with Gasteiger partial charge in [0, 0.05) is 34.1 Å². The quantitative estimate of drug-likeness (QED) is 0.226. The topological polar surface area (TPSA) is 6.48 Å². The maximum atomic E-state index is 2.47. The van der Waals surface area contributed by atoms with E-state index < -0.39 is 0 Å². The molecule has 6 aromatic carbocycles. The molecule has 0 aliphatic carbocycles. The summed E-state index contributed by atoms with van der Waals surface area (Å²) in [7, 11) is 0. The number of fused-ring (bicyclic) bond motifs is 7. The van der Waals surface area contributed by atoms with Gasteiger partial charge in [-0.3, -0.25) is 0 Å². The second kappa shape index (κ2) is 8.37. The molecule has 2 heterocycles. The molecule has 0 N–H and O–H groups in total. The minimum atomic E-state index is 0.123. The van der Waals surface area contributed by atoms with E-state index in [0.717, 1.165) is 0 Å². The summed E-state index contributed by atoms with van der Waals surface area (Å²) in [5.41, 5.74) is 11.6. The molecule has 0 saturated carbocycles. The van der Waals surface area contributed by atoms with Crippen molar-refractivity contribution in [1.29, 1.82) is 0 Å². The van der Waals surface area contributed by atoms with Gasteiger partial charge in [-0.1, -0.05) is 91.0 Å². The molecular weight excluding hydrogens is 471 g/mol. The van der Waals surface area contributed by atoms with Crippen LogP contribution in [0.2, 0.25) is 0 Å². The lowest BCUT2D eigenvalue weighted by Crippen LogP contribution is -2.61. The van der Waals surface area contributed by atoms with Crippen molar-refractivity contribution in [2.75, 3.05) is 9.80 Å². The smallest absolute Gasteiger partial charge is 0.252 e. The van der Waals surface area contributed by atoms with E-state index in [1.54, 1.807) is 0 Å². The summed E-state index contributed by atoms with van der Waals surface area (Å²) in [5.74, 6) is 0. The Kier molecular flexibility index (Phi) is 4.78. The van der Waals surface area contributed by atoms with E-state index in [-0.39, 0.29) is 6.71 Å². The maximum absolute atomic E-state index is 2.47. The van der Waals surface area contributed by atoms with E-state index >= 15 is 0 Å². The minimum absolute atomic E-state index is 0.123. The highest BCUT2D eigenvalue weighted by atomic mass is 15.2. The molecule has 184 valence electrons. The van der Waals surface area contributed by atoms with Crippen LogP contribution in [0.25, 0.3) is 21.5 Å². The molecule has 0 amide bonds. The van der Waals surface area contributed by atoms with Gasteiger partial charge in [0.05, 0.1) is 0 Å². The molecule has 0 spiro atoms. The Morgan fingerprint density at radius 1 is 0.590 bits per heavy atom. The second-order valence-corrected chi connectivity index (χ2v) is 10.6. The summed E-state index contributed by atoms with van der Waals surface area (Å²) < 4.78 is 0. The van der Waals surface area contributed by atoms with E-state index in [4.69, 9.17) is 0 Å². The Hall–Kier alpha value is -4.76. The number of allylic oxidation sites excluding steroid dienone is 2. The van der Waals surface area contributed by atoms with Crippen molar-refractivity contribution in [2.45, 2.75) is 13.8 Å². The number of hydrogen-bond acceptors (Lipinski definition) is 2. The van der Waals surface area contributed by atoms with Gasteiger partial charge < -0.3 is 9.80 Å². The Morgan fingerprint density at radius 2 is 1.26 bits per heavy atom. The third-order valence-electron chi connectivity index (χ3n) is 8.54. The van der Waals surface area contributed by atoms with E-state index in [0.29, 0.717) is 0 Å². The lowest BCUT2D eigenvalue weighted by molar-refractivity contribution is 1.15. The third kappa shape index (κ3) is 3.10. The molecule has 3 heteroatoms. The number of para-hydroxylation sites is 1. The molecular formula is C36H27BN2. The van der Waals surface area contributed by atoms with Crippen LogP contribution < -0.4 is 26.2 Å². The van der Waals surface area contributed by atoms with Crippen molar-refractivity contribution in [3.05, 3.63) is 133 Å². The lowest BCUT2D eigenvalue weighted by atomic mass is 9.33. The van der Waals surface area contributed by atoms with Crippen molar-refractivity contribution >= 4 is 73.1 Å². The number of nitrogens with zero attached hydrogens (tertiary/aromatic N) is 2. The number of rotatable bonds is 2. The van der Waals surface area contributed by atoms with E-state index in [9.17, 15) is 0 Å². The summed E-state index contributed by atoms with van der Waals surface area (Å²) >= 11 is 0. The Labute approximate surface area is 229 Å². The van der Waals surface area contributed by atoms with Gasteiger partial charge in [-0.05, 0) is 88.2 Å². The molecule has 0 atom stereocenters. The van der Waals surface area contributed by atoms with Gasteiger partial charge in [0.2, 0.25) is 0 Å². The molecule has 0 fully saturated rings. The van der Waals surface area contributed by atoms with E-state index in [1.807, 2.05) is 0 Å². The summed E-state index contributed by atoms with van der Waals surface area (Å²) in [6, 6.07) is 44.7. The molecule has 0 radical (unpaired) electrons. The second-order valence-electron chi connectivity index (χ2n) is 10.6. The van der Waals surface area contributed by atoms with Crippen LogP contribution in [-0.2, 0) is 0 Å². The fourth-order valence-corrected chi connectivity index (χ4v) is 6.76. The SMILES string of the molecule is C/C=C(\C)N1c2cccc3c2B(c2cc4ccccc4cc2N3c2ccccc2)c2c1ccc1ccccc21. The molecule has 2 aliphatic rings. The van der Waals surface area contributed by atoms with Gasteiger partial charge in [-0.15, -0.1) is 0 Å². The highest BCUT2D eigenvalue weighted by molar-refractivity contribution is 7.01. The normalized spacial score (nSPS) is 13.9. The monoisotopic (exact) mass is 498 g/mol. The average molecular weight is 498 g/mol. The first-order valence-corrected chi connectivity index (χ1v) is 13.7. The van der Waals surface area contributed by atoms with Gasteiger partial charge in [-0.25, -0.2) is 0 Å². The number of benzene rings is 6. The van der Waals surface area contributed by atoms with Crippen LogP contribution in [-0.4, -0.2) is 6.71 Å². The van der Waals surface area contributed by atoms with Gasteiger partial charge in [0.25, 0.3) is 6.71 Å². The Bertz CT molecular complexity index is 1960. The predicted molar refractivity (Wildman–Crippen MR) is 169 cm³/mol. The summed E-state index contributed by atoms with van der Waals surface area (Å²) in [5, 5.41) is 5.14. The predicted octanol–water partition coefficient (Wildman–Crippen LogP) is 7.67. The van der Waals surface area contributed by atoms with Crippen LogP contribution in [0.4, 0.5) is 28.4 Å². The first-order chi connectivity index (χ1) is 19.2. The van der Waals surface area contributed by atoms with Crippen LogP contribution in [0.3, 0.4) is 0 Å². The molecule has 0 bridgehead atoms. The van der Waals surface area contributed by atoms with Crippen molar-refractivity contribution in [3.8, 4) is 0 Å². The zero-order valence-electron chi connectivity index (χ0n) is 22.1. The fraction of sp³-hybridized carbons (Fsp3) is 0.0556. The molecule has 0 aromatic heterocycles. The van der Waals surface area contributed by atoms with Crippen molar-refractivity contribution < 1.29 is 0 Å². The molecule has 2 nitrogen and oxygen atoms in total. The fourth-order valence-electron chi connectivity index (χ4n) is 6.76. The van der Waals surface area contributed by atoms with Gasteiger partial charge in [0.15, 0.2) is 0 Å². The standard InChI is InChI=1S/C36H27BN2/c1-3-24(2)38-31-18-11-19-32-36(31)37(35-29-17-10-9-12-25(29)20-21-33(35)38)30-22-26-13-7-8-14-27(26)23-34(30)39(32)28-15-5-4-6-16-28/h3-23H,1-2H3/b24-3+. The zero-order valence-corrected chi connectivity index (χ0v) is 22.1. The van der Waals surface area contributed by atoms with E-state index in [1.165, 1.54) is 72.1 Å².